The molecule has 0 bridgehead atoms. The van der Waals surface area contributed by atoms with Gasteiger partial charge in [-0.15, -0.1) is 0 Å². The maximum Gasteiger partial charge on any atom is 0.433 e. The van der Waals surface area contributed by atoms with Gasteiger partial charge in [0.05, 0.1) is 31.8 Å². The first kappa shape index (κ1) is 24.6. The lowest BCUT2D eigenvalue weighted by atomic mass is 9.99. The predicted molar refractivity (Wildman–Crippen MR) is 120 cm³/mol. The van der Waals surface area contributed by atoms with E-state index < -0.39 is 27.0 Å². The summed E-state index contributed by atoms with van der Waals surface area (Å²) in [4.78, 5) is 12.5. The molecule has 11 heteroatoms. The molecule has 0 saturated heterocycles. The number of aliphatic imine (C=N–C) groups is 1. The van der Waals surface area contributed by atoms with Crippen LogP contribution < -0.4 is 0 Å². The molecule has 0 radical (unpaired) electrons. The lowest BCUT2D eigenvalue weighted by molar-refractivity contribution is -0.0913. The Balaban J connectivity index is 2.24. The fraction of sp³-hybridized carbons (Fsp3) is 0.455. The van der Waals surface area contributed by atoms with Crippen molar-refractivity contribution in [2.24, 2.45) is 12.0 Å². The molecule has 0 amide bonds. The number of rotatable bonds is 6. The van der Waals surface area contributed by atoms with Crippen molar-refractivity contribution in [1.29, 1.82) is 10.0 Å². The van der Waals surface area contributed by atoms with Crippen LogP contribution in [0.25, 0.3) is 17.6 Å². The van der Waals surface area contributed by atoms with Crippen molar-refractivity contribution in [2.45, 2.75) is 57.0 Å². The van der Waals surface area contributed by atoms with Gasteiger partial charge < -0.3 is 4.57 Å². The molecule has 1 aliphatic carbocycles. The van der Waals surface area contributed by atoms with Crippen molar-refractivity contribution < 1.29 is 17.4 Å². The number of alkyl halides is 3. The minimum Gasteiger partial charge on any atom is -0.329 e. The van der Waals surface area contributed by atoms with Crippen molar-refractivity contribution in [3.63, 3.8) is 0 Å². The lowest BCUT2D eigenvalue weighted by Gasteiger charge is -2.14. The summed E-state index contributed by atoms with van der Waals surface area (Å²) >= 11 is 0. The topological polar surface area (TPSA) is 108 Å². The molecule has 33 heavy (non-hydrogen) atoms. The van der Waals surface area contributed by atoms with Gasteiger partial charge in [-0.1, -0.05) is 6.92 Å². The summed E-state index contributed by atoms with van der Waals surface area (Å²) < 4.78 is 63.5. The van der Waals surface area contributed by atoms with Crippen molar-refractivity contribution in [3.05, 3.63) is 34.9 Å². The fourth-order valence-corrected chi connectivity index (χ4v) is 4.45. The highest BCUT2D eigenvalue weighted by atomic mass is 32.2. The fourth-order valence-electron chi connectivity index (χ4n) is 3.37. The van der Waals surface area contributed by atoms with Crippen LogP contribution in [0.15, 0.2) is 27.8 Å². The van der Waals surface area contributed by atoms with Crippen LogP contribution in [0.3, 0.4) is 0 Å². The Morgan fingerprint density at radius 3 is 2.55 bits per heavy atom. The summed E-state index contributed by atoms with van der Waals surface area (Å²) in [6.07, 6.45) is -0.981. The van der Waals surface area contributed by atoms with E-state index in [0.717, 1.165) is 6.08 Å². The number of nitriles is 1. The zero-order valence-corrected chi connectivity index (χ0v) is 19.9. The van der Waals surface area contributed by atoms with Crippen LogP contribution in [0.4, 0.5) is 13.2 Å². The number of nitrogens with zero attached hydrogens (tertiary/aromatic N) is 5. The Hall–Kier alpha value is -3.00. The van der Waals surface area contributed by atoms with E-state index in [4.69, 9.17) is 4.78 Å². The standard InChI is InChI=1S/C22H25F3N6OS/c1-6-33(27,32)17-9-15(21(12-26)7-8-21)11-28-19(17)20-30-16(14(4)31(20)5)10-18(22(23,24)25)29-13(2)3/h9-11,27H,6-8H2,1-5H3/b18-10-. The van der Waals surface area contributed by atoms with E-state index in [1.54, 1.807) is 31.5 Å². The Morgan fingerprint density at radius 2 is 2.06 bits per heavy atom. The maximum absolute atomic E-state index is 13.5. The third kappa shape index (κ3) is 4.71. The summed E-state index contributed by atoms with van der Waals surface area (Å²) in [5, 5.41) is 9.52. The number of imidazole rings is 1. The van der Waals surface area contributed by atoms with Gasteiger partial charge in [-0.3, -0.25) is 9.98 Å². The largest absolute Gasteiger partial charge is 0.433 e. The van der Waals surface area contributed by atoms with E-state index in [-0.39, 0.29) is 33.6 Å². The molecular formula is C22H25F3N6OS. The molecule has 2 aromatic heterocycles. The molecule has 1 N–H and O–H groups in total. The highest BCUT2D eigenvalue weighted by Crippen LogP contribution is 2.48. The second kappa shape index (κ2) is 8.41. The first-order chi connectivity index (χ1) is 15.3. The average Bonchev–Trinajstić information content (AvgIpc) is 3.49. The van der Waals surface area contributed by atoms with Gasteiger partial charge in [-0.2, -0.15) is 18.4 Å². The molecule has 0 aromatic carbocycles. The van der Waals surface area contributed by atoms with E-state index >= 15 is 0 Å². The van der Waals surface area contributed by atoms with Gasteiger partial charge in [-0.25, -0.2) is 14.0 Å². The van der Waals surface area contributed by atoms with Crippen molar-refractivity contribution in [3.8, 4) is 17.6 Å². The number of hydrogen-bond acceptors (Lipinski definition) is 6. The summed E-state index contributed by atoms with van der Waals surface area (Å²) in [5.41, 5.74) is -0.302. The van der Waals surface area contributed by atoms with Crippen molar-refractivity contribution >= 4 is 21.5 Å². The summed E-state index contributed by atoms with van der Waals surface area (Å²) in [6.45, 7) is 6.16. The molecule has 176 valence electrons. The van der Waals surface area contributed by atoms with Crippen LogP contribution in [-0.4, -0.2) is 36.4 Å². The molecule has 1 unspecified atom stereocenters. The third-order valence-corrected chi connectivity index (χ3v) is 7.50. The zero-order valence-electron chi connectivity index (χ0n) is 19.0. The second-order valence-corrected chi connectivity index (χ2v) is 10.6. The van der Waals surface area contributed by atoms with E-state index in [0.29, 0.717) is 24.1 Å². The molecule has 2 heterocycles. The Morgan fingerprint density at radius 1 is 1.42 bits per heavy atom. The maximum atomic E-state index is 13.5. The molecule has 0 spiro atoms. The van der Waals surface area contributed by atoms with Crippen LogP contribution in [-0.2, 0) is 22.2 Å². The van der Waals surface area contributed by atoms with Gasteiger partial charge in [0.15, 0.2) is 5.82 Å². The molecule has 1 saturated carbocycles. The number of halogens is 3. The Labute approximate surface area is 191 Å². The highest BCUT2D eigenvalue weighted by Gasteiger charge is 2.46. The first-order valence-electron chi connectivity index (χ1n) is 10.3. The molecule has 1 fully saturated rings. The molecule has 3 rings (SSSR count). The highest BCUT2D eigenvalue weighted by molar-refractivity contribution is 7.92. The molecule has 0 aliphatic heterocycles. The third-order valence-electron chi connectivity index (χ3n) is 5.67. The molecular weight excluding hydrogens is 453 g/mol. The number of aromatic nitrogens is 3. The molecule has 1 aliphatic rings. The van der Waals surface area contributed by atoms with Crippen LogP contribution in [0.5, 0.6) is 0 Å². The van der Waals surface area contributed by atoms with Crippen molar-refractivity contribution in [1.82, 2.24) is 14.5 Å². The van der Waals surface area contributed by atoms with Crippen LogP contribution in [0, 0.1) is 23.0 Å². The van der Waals surface area contributed by atoms with Gasteiger partial charge >= 0.3 is 6.18 Å². The summed E-state index contributed by atoms with van der Waals surface area (Å²) in [7, 11) is -1.65. The molecule has 1 atom stereocenters. The molecule has 7 nitrogen and oxygen atoms in total. The first-order valence-corrected chi connectivity index (χ1v) is 12.0. The average molecular weight is 479 g/mol. The van der Waals surface area contributed by atoms with E-state index in [9.17, 15) is 22.6 Å². The lowest BCUT2D eigenvalue weighted by Crippen LogP contribution is -2.11. The predicted octanol–water partition coefficient (Wildman–Crippen LogP) is 5.16. The van der Waals surface area contributed by atoms with Gasteiger partial charge in [0.2, 0.25) is 0 Å². The SMILES string of the molecule is CCS(=N)(=O)c1cc(C2(C#N)CC2)cnc1-c1nc(/C=C(\N=C(C)C)C(F)(F)F)c(C)n1C. The Bertz CT molecular complexity index is 1300. The van der Waals surface area contributed by atoms with Crippen LogP contribution in [0.2, 0.25) is 0 Å². The van der Waals surface area contributed by atoms with Gasteiger partial charge in [0, 0.05) is 30.4 Å². The normalized spacial score (nSPS) is 17.2. The van der Waals surface area contributed by atoms with E-state index in [1.807, 2.05) is 0 Å². The number of allylic oxidation sites excluding steroid dienone is 1. The van der Waals surface area contributed by atoms with Gasteiger partial charge in [-0.05, 0) is 51.3 Å². The Kier molecular flexibility index (Phi) is 6.28. The smallest absolute Gasteiger partial charge is 0.329 e. The number of pyridine rings is 1. The van der Waals surface area contributed by atoms with Crippen LogP contribution in [0.1, 0.15) is 50.6 Å². The number of hydrogen-bond donors (Lipinski definition) is 1. The van der Waals surface area contributed by atoms with Gasteiger partial charge in [0.1, 0.15) is 11.4 Å². The monoisotopic (exact) mass is 478 g/mol. The zero-order chi connectivity index (χ0) is 24.8. The summed E-state index contributed by atoms with van der Waals surface area (Å²) in [6, 6.07) is 3.83. The van der Waals surface area contributed by atoms with E-state index in [1.165, 1.54) is 20.0 Å². The van der Waals surface area contributed by atoms with Gasteiger partial charge in [0.25, 0.3) is 0 Å². The molecule has 2 aromatic rings. The summed E-state index contributed by atoms with van der Waals surface area (Å²) in [5.74, 6) is 0.207. The van der Waals surface area contributed by atoms with E-state index in [2.05, 4.69) is 21.0 Å². The minimum absolute atomic E-state index is 0.0174. The minimum atomic E-state index is -4.67. The number of nitrogens with one attached hydrogen (secondary N) is 1. The van der Waals surface area contributed by atoms with Crippen molar-refractivity contribution in [2.75, 3.05) is 5.75 Å². The van der Waals surface area contributed by atoms with Crippen LogP contribution >= 0.6 is 0 Å². The quantitative estimate of drug-likeness (QED) is 0.579. The second-order valence-electron chi connectivity index (χ2n) is 8.28.